The van der Waals surface area contributed by atoms with E-state index >= 15 is 0 Å². The van der Waals surface area contributed by atoms with E-state index in [1.807, 2.05) is 18.2 Å². The molecule has 1 aliphatic rings. The van der Waals surface area contributed by atoms with Crippen molar-refractivity contribution < 1.29 is 0 Å². The molecule has 0 amide bonds. The fourth-order valence-electron chi connectivity index (χ4n) is 1.89. The van der Waals surface area contributed by atoms with Crippen LogP contribution in [0.15, 0.2) is 30.6 Å². The number of pyridine rings is 1. The highest BCUT2D eigenvalue weighted by atomic mass is 14.9. The van der Waals surface area contributed by atoms with Crippen molar-refractivity contribution in [1.82, 2.24) is 15.0 Å². The predicted molar refractivity (Wildman–Crippen MR) is 65.5 cm³/mol. The van der Waals surface area contributed by atoms with E-state index in [-0.39, 0.29) is 0 Å². The Morgan fingerprint density at radius 3 is 2.65 bits per heavy atom. The molecule has 0 unspecified atom stereocenters. The molecule has 4 heteroatoms. The number of hydrogen-bond acceptors (Lipinski definition) is 4. The Morgan fingerprint density at radius 1 is 1.18 bits per heavy atom. The molecule has 2 heterocycles. The first-order valence-electron chi connectivity index (χ1n) is 5.83. The SMILES string of the molecule is Nc1cc(C2CC2)nc(Cc2ccncc2)n1. The quantitative estimate of drug-likeness (QED) is 0.868. The van der Waals surface area contributed by atoms with Crippen molar-refractivity contribution in [1.29, 1.82) is 0 Å². The zero-order chi connectivity index (χ0) is 11.7. The van der Waals surface area contributed by atoms with Crippen LogP contribution in [0.5, 0.6) is 0 Å². The molecule has 17 heavy (non-hydrogen) atoms. The van der Waals surface area contributed by atoms with Crippen LogP contribution in [-0.4, -0.2) is 15.0 Å². The molecule has 1 aliphatic carbocycles. The largest absolute Gasteiger partial charge is 0.384 e. The van der Waals surface area contributed by atoms with Crippen LogP contribution < -0.4 is 5.73 Å². The minimum atomic E-state index is 0.575. The van der Waals surface area contributed by atoms with Crippen LogP contribution in [0, 0.1) is 0 Å². The third-order valence-corrected chi connectivity index (χ3v) is 2.92. The first kappa shape index (κ1) is 10.2. The van der Waals surface area contributed by atoms with E-state index in [0.29, 0.717) is 18.2 Å². The summed E-state index contributed by atoms with van der Waals surface area (Å²) in [6.45, 7) is 0. The molecular weight excluding hydrogens is 212 g/mol. The monoisotopic (exact) mass is 226 g/mol. The molecule has 86 valence electrons. The fourth-order valence-corrected chi connectivity index (χ4v) is 1.89. The van der Waals surface area contributed by atoms with Gasteiger partial charge in [-0.15, -0.1) is 0 Å². The summed E-state index contributed by atoms with van der Waals surface area (Å²) >= 11 is 0. The van der Waals surface area contributed by atoms with Gasteiger partial charge in [-0.1, -0.05) is 0 Å². The predicted octanol–water partition coefficient (Wildman–Crippen LogP) is 1.92. The van der Waals surface area contributed by atoms with Crippen molar-refractivity contribution in [3.63, 3.8) is 0 Å². The molecule has 1 saturated carbocycles. The molecule has 2 N–H and O–H groups in total. The average molecular weight is 226 g/mol. The lowest BCUT2D eigenvalue weighted by molar-refractivity contribution is 0.903. The van der Waals surface area contributed by atoms with Gasteiger partial charge in [-0.05, 0) is 30.5 Å². The van der Waals surface area contributed by atoms with E-state index in [4.69, 9.17) is 5.73 Å². The first-order valence-corrected chi connectivity index (χ1v) is 5.83. The molecule has 0 bridgehead atoms. The zero-order valence-corrected chi connectivity index (χ0v) is 9.50. The molecular formula is C13H14N4. The number of anilines is 1. The summed E-state index contributed by atoms with van der Waals surface area (Å²) in [5.41, 5.74) is 8.07. The Morgan fingerprint density at radius 2 is 1.94 bits per heavy atom. The third-order valence-electron chi connectivity index (χ3n) is 2.92. The number of aromatic nitrogens is 3. The van der Waals surface area contributed by atoms with Gasteiger partial charge in [0, 0.05) is 36.5 Å². The molecule has 2 aromatic rings. The van der Waals surface area contributed by atoms with Gasteiger partial charge in [-0.2, -0.15) is 0 Å². The summed E-state index contributed by atoms with van der Waals surface area (Å²) in [6.07, 6.45) is 6.73. The highest BCUT2D eigenvalue weighted by molar-refractivity contribution is 5.33. The van der Waals surface area contributed by atoms with Crippen molar-refractivity contribution in [3.8, 4) is 0 Å². The lowest BCUT2D eigenvalue weighted by Crippen LogP contribution is -2.03. The van der Waals surface area contributed by atoms with Crippen LogP contribution >= 0.6 is 0 Å². The summed E-state index contributed by atoms with van der Waals surface area (Å²) in [5, 5.41) is 0. The number of nitrogens with zero attached hydrogens (tertiary/aromatic N) is 3. The van der Waals surface area contributed by atoms with E-state index in [1.54, 1.807) is 12.4 Å². The Hall–Kier alpha value is -1.97. The fraction of sp³-hybridized carbons (Fsp3) is 0.308. The smallest absolute Gasteiger partial charge is 0.135 e. The molecule has 1 fully saturated rings. The number of hydrogen-bond donors (Lipinski definition) is 1. The van der Waals surface area contributed by atoms with Gasteiger partial charge in [-0.3, -0.25) is 4.98 Å². The Balaban J connectivity index is 1.87. The maximum atomic E-state index is 5.82. The second kappa shape index (κ2) is 4.13. The highest BCUT2D eigenvalue weighted by Gasteiger charge is 2.25. The molecule has 0 radical (unpaired) electrons. The van der Waals surface area contributed by atoms with Crippen molar-refractivity contribution in [3.05, 3.63) is 47.7 Å². The van der Waals surface area contributed by atoms with E-state index in [9.17, 15) is 0 Å². The second-order valence-corrected chi connectivity index (χ2v) is 4.44. The Bertz CT molecular complexity index is 520. The van der Waals surface area contributed by atoms with Gasteiger partial charge in [0.25, 0.3) is 0 Å². The van der Waals surface area contributed by atoms with Crippen molar-refractivity contribution in [2.24, 2.45) is 0 Å². The summed E-state index contributed by atoms with van der Waals surface area (Å²) < 4.78 is 0. The van der Waals surface area contributed by atoms with Crippen LogP contribution in [0.1, 0.15) is 35.8 Å². The van der Waals surface area contributed by atoms with Gasteiger partial charge in [-0.25, -0.2) is 9.97 Å². The summed E-state index contributed by atoms with van der Waals surface area (Å²) in [6, 6.07) is 5.85. The molecule has 0 spiro atoms. The highest BCUT2D eigenvalue weighted by Crippen LogP contribution is 2.39. The van der Waals surface area contributed by atoms with E-state index < -0.39 is 0 Å². The van der Waals surface area contributed by atoms with Crippen molar-refractivity contribution >= 4 is 5.82 Å². The van der Waals surface area contributed by atoms with Crippen LogP contribution in [0.25, 0.3) is 0 Å². The molecule has 0 atom stereocenters. The molecule has 0 aliphatic heterocycles. The second-order valence-electron chi connectivity index (χ2n) is 4.44. The van der Waals surface area contributed by atoms with Gasteiger partial charge < -0.3 is 5.73 Å². The summed E-state index contributed by atoms with van der Waals surface area (Å²) in [7, 11) is 0. The minimum absolute atomic E-state index is 0.575. The van der Waals surface area contributed by atoms with Crippen LogP contribution in [0.3, 0.4) is 0 Å². The van der Waals surface area contributed by atoms with E-state index in [1.165, 1.54) is 12.8 Å². The van der Waals surface area contributed by atoms with Crippen molar-refractivity contribution in [2.45, 2.75) is 25.2 Å². The zero-order valence-electron chi connectivity index (χ0n) is 9.50. The summed E-state index contributed by atoms with van der Waals surface area (Å²) in [5.74, 6) is 1.99. The van der Waals surface area contributed by atoms with Gasteiger partial charge in [0.2, 0.25) is 0 Å². The van der Waals surface area contributed by atoms with Crippen LogP contribution in [0.4, 0.5) is 5.82 Å². The lowest BCUT2D eigenvalue weighted by atomic mass is 10.2. The Kier molecular flexibility index (Phi) is 2.48. The molecule has 0 aromatic carbocycles. The van der Waals surface area contributed by atoms with E-state index in [0.717, 1.165) is 17.1 Å². The maximum Gasteiger partial charge on any atom is 0.135 e. The van der Waals surface area contributed by atoms with Crippen LogP contribution in [-0.2, 0) is 6.42 Å². The van der Waals surface area contributed by atoms with Gasteiger partial charge in [0.15, 0.2) is 0 Å². The third kappa shape index (κ3) is 2.41. The lowest BCUT2D eigenvalue weighted by Gasteiger charge is -2.04. The van der Waals surface area contributed by atoms with Gasteiger partial charge in [0.05, 0.1) is 0 Å². The topological polar surface area (TPSA) is 64.7 Å². The Labute approximate surface area is 99.9 Å². The molecule has 3 rings (SSSR count). The van der Waals surface area contributed by atoms with Crippen LogP contribution in [0.2, 0.25) is 0 Å². The number of rotatable bonds is 3. The van der Waals surface area contributed by atoms with Gasteiger partial charge >= 0.3 is 0 Å². The van der Waals surface area contributed by atoms with E-state index in [2.05, 4.69) is 15.0 Å². The average Bonchev–Trinajstić information content (AvgIpc) is 3.13. The maximum absolute atomic E-state index is 5.82. The summed E-state index contributed by atoms with van der Waals surface area (Å²) in [4.78, 5) is 12.9. The number of nitrogen functional groups attached to an aromatic ring is 1. The standard InChI is InChI=1S/C13H14N4/c14-12-8-11(10-1-2-10)16-13(17-12)7-9-3-5-15-6-4-9/h3-6,8,10H,1-2,7H2,(H2,14,16,17). The minimum Gasteiger partial charge on any atom is -0.384 e. The molecule has 0 saturated heterocycles. The molecule has 4 nitrogen and oxygen atoms in total. The van der Waals surface area contributed by atoms with Gasteiger partial charge in [0.1, 0.15) is 11.6 Å². The van der Waals surface area contributed by atoms with Crippen molar-refractivity contribution in [2.75, 3.05) is 5.73 Å². The normalized spacial score (nSPS) is 14.8. The molecule has 2 aromatic heterocycles. The first-order chi connectivity index (χ1) is 8.31. The number of nitrogens with two attached hydrogens (primary N) is 1.